The smallest absolute Gasteiger partial charge is 0.255 e. The second-order valence-electron chi connectivity index (χ2n) is 38.0. The van der Waals surface area contributed by atoms with Gasteiger partial charge in [-0.05, 0) is 224 Å². The van der Waals surface area contributed by atoms with Crippen LogP contribution in [0.4, 0.5) is 13.2 Å². The van der Waals surface area contributed by atoms with Crippen LogP contribution in [0.15, 0.2) is 24.3 Å². The Hall–Kier alpha value is -1.35. The van der Waals surface area contributed by atoms with Crippen LogP contribution in [0, 0.1) is 44.8 Å². The predicted molar refractivity (Wildman–Crippen MR) is 378 cm³/mol. The SMILES string of the molecule is CC(C)(C)C.CC(C)(C)C.CC(C)(C)C(F)(F)C1CC1.CC(C)(C)C1CC1.CC(C)(C)C1CCCCC1.CC(C)(C)OC1CCC1.CC(C)(C)OC1CCCCC1.CC1(F)CC(OC(C)(C)C)C1.CCOC(C)(C)C.COc1cccc(C(C)(C)C)c1. The third-order valence-electron chi connectivity index (χ3n) is 14.7. The third-order valence-corrected chi connectivity index (χ3v) is 14.7. The van der Waals surface area contributed by atoms with E-state index in [0.717, 1.165) is 24.2 Å². The summed E-state index contributed by atoms with van der Waals surface area (Å²) in [6.07, 6.45) is 24.7. The van der Waals surface area contributed by atoms with Gasteiger partial charge in [0.25, 0.3) is 5.92 Å². The van der Waals surface area contributed by atoms with Crippen molar-refractivity contribution in [2.45, 2.75) is 415 Å². The first-order valence-electron chi connectivity index (χ1n) is 35.0. The molecule has 6 aliphatic carbocycles. The van der Waals surface area contributed by atoms with E-state index in [9.17, 15) is 13.2 Å². The molecule has 0 aliphatic heterocycles. The first kappa shape index (κ1) is 89.8. The molecular weight excluding hydrogens is 1090 g/mol. The van der Waals surface area contributed by atoms with Crippen LogP contribution in [-0.4, -0.2) is 66.0 Å². The molecule has 5 nitrogen and oxygen atoms in total. The lowest BCUT2D eigenvalue weighted by Gasteiger charge is -2.41. The summed E-state index contributed by atoms with van der Waals surface area (Å²) >= 11 is 0. The summed E-state index contributed by atoms with van der Waals surface area (Å²) < 4.78 is 66.7. The minimum Gasteiger partial charge on any atom is -0.497 e. The molecule has 1 aromatic rings. The maximum Gasteiger partial charge on any atom is 0.255 e. The fourth-order valence-corrected chi connectivity index (χ4v) is 9.64. The molecule has 0 atom stereocenters. The van der Waals surface area contributed by atoms with Gasteiger partial charge in [0.1, 0.15) is 11.4 Å². The summed E-state index contributed by atoms with van der Waals surface area (Å²) in [6, 6.07) is 8.21. The van der Waals surface area contributed by atoms with E-state index in [4.69, 9.17) is 23.7 Å². The first-order chi connectivity index (χ1) is 38.6. The van der Waals surface area contributed by atoms with Crippen LogP contribution in [-0.2, 0) is 24.4 Å². The van der Waals surface area contributed by atoms with Crippen LogP contribution in [0.5, 0.6) is 5.75 Å². The van der Waals surface area contributed by atoms with E-state index in [1.807, 2.05) is 39.8 Å². The second-order valence-corrected chi connectivity index (χ2v) is 38.0. The molecule has 0 bridgehead atoms. The maximum atomic E-state index is 13.1. The van der Waals surface area contributed by atoms with Gasteiger partial charge in [-0.3, -0.25) is 0 Å². The van der Waals surface area contributed by atoms with Gasteiger partial charge >= 0.3 is 0 Å². The standard InChI is InChI=1S/C11H16O.C10H20O.C10H20.C9H17FO.C8H14F2.C8H16O.C7H14.C6H14O.2C5H12/c1-11(2,3)9-6-5-7-10(8-9)12-4;1-10(2,3)11-9-7-5-4-6-8-9;1-10(2,3)9-7-5-4-6-8-9;1-8(2,3)11-7-5-9(4,10)6-7;1-7(2,3)8(9,10)6-4-5-6;1-8(2,3)9-7-5-4-6-7;1-7(2,3)6-4-5-6;1-5-7-6(2,3)4;2*1-5(2,3)4/h5-8H,1-4H3;9H,4-8H2,1-3H3;9H,4-8H2,1-3H3;7H,5-6H2,1-4H3;6H,4-5H2,1-3H3;7H,4-6H2,1-3H3;6H,4-5H2,1-3H3;5H2,1-4H3;2*1-4H3. The molecule has 1 aromatic carbocycles. The van der Waals surface area contributed by atoms with Crippen molar-refractivity contribution in [2.75, 3.05) is 13.7 Å². The first-order valence-corrected chi connectivity index (χ1v) is 35.0. The summed E-state index contributed by atoms with van der Waals surface area (Å²) in [6.45, 7) is 72.4. The molecule has 522 valence electrons. The van der Waals surface area contributed by atoms with Gasteiger partial charge in [0.15, 0.2) is 0 Å². The minimum absolute atomic E-state index is 0.0503. The Bertz CT molecular complexity index is 1810. The zero-order chi connectivity index (χ0) is 69.1. The van der Waals surface area contributed by atoms with E-state index >= 15 is 0 Å². The second kappa shape index (κ2) is 38.7. The summed E-state index contributed by atoms with van der Waals surface area (Å²) in [5.74, 6) is 0.205. The van der Waals surface area contributed by atoms with Crippen molar-refractivity contribution in [3.63, 3.8) is 0 Å². The van der Waals surface area contributed by atoms with Gasteiger partial charge in [-0.15, -0.1) is 0 Å². The molecule has 6 fully saturated rings. The van der Waals surface area contributed by atoms with Crippen molar-refractivity contribution in [1.29, 1.82) is 0 Å². The third kappa shape index (κ3) is 57.1. The highest BCUT2D eigenvalue weighted by molar-refractivity contribution is 5.32. The number of alkyl halides is 3. The fourth-order valence-electron chi connectivity index (χ4n) is 9.64. The summed E-state index contributed by atoms with van der Waals surface area (Å²) in [5.41, 5.74) is 1.93. The van der Waals surface area contributed by atoms with Crippen molar-refractivity contribution in [3.05, 3.63) is 29.8 Å². The number of benzene rings is 1. The highest BCUT2D eigenvalue weighted by Crippen LogP contribution is 2.52. The summed E-state index contributed by atoms with van der Waals surface area (Å²) in [4.78, 5) is 0. The van der Waals surface area contributed by atoms with E-state index in [1.54, 1.807) is 34.8 Å². The van der Waals surface area contributed by atoms with E-state index in [0.29, 0.717) is 59.6 Å². The topological polar surface area (TPSA) is 46.2 Å². The lowest BCUT2D eigenvalue weighted by molar-refractivity contribution is -0.144. The molecule has 87 heavy (non-hydrogen) atoms. The lowest BCUT2D eigenvalue weighted by Crippen LogP contribution is -2.45. The number of hydrogen-bond donors (Lipinski definition) is 0. The number of halogens is 3. The maximum absolute atomic E-state index is 13.1. The fraction of sp³-hybridized carbons (Fsp3) is 0.924. The molecule has 0 saturated heterocycles. The normalized spacial score (nSPS) is 20.7. The Morgan fingerprint density at radius 3 is 0.943 bits per heavy atom. The van der Waals surface area contributed by atoms with E-state index in [2.05, 4.69) is 192 Å². The zero-order valence-corrected chi connectivity index (χ0v) is 65.1. The van der Waals surface area contributed by atoms with Gasteiger partial charge in [-0.2, -0.15) is 0 Å². The highest BCUT2D eigenvalue weighted by atomic mass is 19.3. The van der Waals surface area contributed by atoms with Gasteiger partial charge in [0.2, 0.25) is 0 Å². The predicted octanol–water partition coefficient (Wildman–Crippen LogP) is 26.2. The van der Waals surface area contributed by atoms with Gasteiger partial charge in [0.05, 0.1) is 47.8 Å². The molecular formula is C79H155F3O5. The number of methoxy groups -OCH3 is 1. The average molecular weight is 1240 g/mol. The van der Waals surface area contributed by atoms with Crippen molar-refractivity contribution in [3.8, 4) is 5.75 Å². The molecule has 0 unspecified atom stereocenters. The summed E-state index contributed by atoms with van der Waals surface area (Å²) in [5, 5.41) is 0. The Morgan fingerprint density at radius 1 is 0.425 bits per heavy atom. The molecule has 0 aromatic heterocycles. The largest absolute Gasteiger partial charge is 0.497 e. The number of rotatable bonds is 6. The molecule has 7 rings (SSSR count). The Kier molecular flexibility index (Phi) is 40.0. The molecule has 0 heterocycles. The Morgan fingerprint density at radius 2 is 0.747 bits per heavy atom. The molecule has 6 saturated carbocycles. The van der Waals surface area contributed by atoms with Crippen molar-refractivity contribution < 1.29 is 36.9 Å². The number of ether oxygens (including phenoxy) is 5. The number of hydrogen-bond acceptors (Lipinski definition) is 5. The highest BCUT2D eigenvalue weighted by Gasteiger charge is 2.54. The van der Waals surface area contributed by atoms with Crippen molar-refractivity contribution in [2.24, 2.45) is 44.8 Å². The van der Waals surface area contributed by atoms with Gasteiger partial charge in [-0.25, -0.2) is 13.2 Å². The molecule has 0 N–H and O–H groups in total. The van der Waals surface area contributed by atoms with Gasteiger partial charge in [0, 0.05) is 30.8 Å². The van der Waals surface area contributed by atoms with Gasteiger partial charge in [-0.1, -0.05) is 189 Å². The molecule has 8 heteroatoms. The summed E-state index contributed by atoms with van der Waals surface area (Å²) in [7, 11) is 1.70. The van der Waals surface area contributed by atoms with Crippen LogP contribution in [0.1, 0.15) is 363 Å². The zero-order valence-electron chi connectivity index (χ0n) is 65.1. The van der Waals surface area contributed by atoms with E-state index < -0.39 is 17.0 Å². The van der Waals surface area contributed by atoms with Crippen LogP contribution < -0.4 is 4.74 Å². The minimum atomic E-state index is -2.45. The van der Waals surface area contributed by atoms with Crippen molar-refractivity contribution >= 4 is 0 Å². The average Bonchev–Trinajstić information content (AvgIpc) is 2.16. The molecule has 0 spiro atoms. The monoisotopic (exact) mass is 1240 g/mol. The van der Waals surface area contributed by atoms with E-state index in [-0.39, 0.29) is 39.8 Å². The van der Waals surface area contributed by atoms with Crippen LogP contribution in [0.25, 0.3) is 0 Å². The molecule has 0 amide bonds. The van der Waals surface area contributed by atoms with Crippen LogP contribution in [0.3, 0.4) is 0 Å². The van der Waals surface area contributed by atoms with Crippen LogP contribution in [0.2, 0.25) is 0 Å². The molecule has 6 aliphatic rings. The lowest BCUT2D eigenvalue weighted by atomic mass is 9.72. The van der Waals surface area contributed by atoms with Gasteiger partial charge < -0.3 is 23.7 Å². The van der Waals surface area contributed by atoms with Crippen LogP contribution >= 0.6 is 0 Å². The quantitative estimate of drug-likeness (QED) is 0.284. The Balaban J connectivity index is -0.000000911. The van der Waals surface area contributed by atoms with Crippen molar-refractivity contribution in [1.82, 2.24) is 0 Å². The molecule has 0 radical (unpaired) electrons. The van der Waals surface area contributed by atoms with E-state index in [1.165, 1.54) is 102 Å². The Labute approximate surface area is 543 Å².